The predicted molar refractivity (Wildman–Crippen MR) is 87.4 cm³/mol. The third kappa shape index (κ3) is 5.30. The van der Waals surface area contributed by atoms with Gasteiger partial charge in [-0.2, -0.15) is 0 Å². The van der Waals surface area contributed by atoms with Crippen molar-refractivity contribution in [2.75, 3.05) is 19.5 Å². The Labute approximate surface area is 142 Å². The van der Waals surface area contributed by atoms with Crippen LogP contribution in [0.3, 0.4) is 0 Å². The van der Waals surface area contributed by atoms with Gasteiger partial charge in [-0.3, -0.25) is 5.32 Å². The van der Waals surface area contributed by atoms with Crippen LogP contribution in [-0.4, -0.2) is 46.2 Å². The molecule has 0 aliphatic carbocycles. The second kappa shape index (κ2) is 8.39. The zero-order chi connectivity index (χ0) is 18.4. The minimum atomic E-state index is -1.76. The number of methoxy groups -OCH3 is 1. The van der Waals surface area contributed by atoms with Crippen molar-refractivity contribution in [1.82, 2.24) is 8.61 Å². The van der Waals surface area contributed by atoms with E-state index in [0.29, 0.717) is 43.1 Å². The molecule has 24 heavy (non-hydrogen) atoms. The van der Waals surface area contributed by atoms with Gasteiger partial charge in [0.25, 0.3) is 0 Å². The average molecular weight is 359 g/mol. The molecule has 132 valence electrons. The van der Waals surface area contributed by atoms with Crippen LogP contribution in [-0.2, 0) is 11.3 Å². The number of amides is 3. The zero-order valence-corrected chi connectivity index (χ0v) is 14.4. The molecule has 8 nitrogen and oxygen atoms in total. The molecule has 0 aromatic heterocycles. The summed E-state index contributed by atoms with van der Waals surface area (Å²) in [6.07, 6.45) is -3.69. The van der Waals surface area contributed by atoms with Gasteiger partial charge >= 0.3 is 18.3 Å². The van der Waals surface area contributed by atoms with Crippen LogP contribution >= 0.6 is 12.1 Å². The lowest BCUT2D eigenvalue weighted by atomic mass is 10.0. The van der Waals surface area contributed by atoms with Crippen LogP contribution in [0.1, 0.15) is 16.7 Å². The molecule has 1 rings (SSSR count). The first kappa shape index (κ1) is 19.6. The molecule has 0 saturated carbocycles. The van der Waals surface area contributed by atoms with Crippen LogP contribution in [0.15, 0.2) is 12.1 Å². The smallest absolute Gasteiger partial charge is 0.418 e. The van der Waals surface area contributed by atoms with E-state index in [1.165, 1.54) is 14.2 Å². The van der Waals surface area contributed by atoms with Gasteiger partial charge < -0.3 is 9.84 Å². The standard InChI is InChI=1S/C14H18FN3O5S/c1-8-5-10(6-9(2)11(8)16-13(20)23-4)7-18(12(15)19)24-17(3)14(21)22/h5-6H,7H2,1-4H3,(H,16,20)(H,21,22). The molecular formula is C14H18FN3O5S. The van der Waals surface area contributed by atoms with Crippen molar-refractivity contribution in [3.05, 3.63) is 28.8 Å². The molecule has 3 amide bonds. The van der Waals surface area contributed by atoms with Crippen molar-refractivity contribution in [2.45, 2.75) is 20.4 Å². The van der Waals surface area contributed by atoms with Crippen LogP contribution < -0.4 is 5.32 Å². The predicted octanol–water partition coefficient (Wildman–Crippen LogP) is 3.55. The topological polar surface area (TPSA) is 99.2 Å². The van der Waals surface area contributed by atoms with Crippen LogP contribution in [0.4, 0.5) is 24.5 Å². The molecule has 0 fully saturated rings. The van der Waals surface area contributed by atoms with Crippen molar-refractivity contribution < 1.29 is 28.6 Å². The summed E-state index contributed by atoms with van der Waals surface area (Å²) in [6, 6.07) is 3.32. The van der Waals surface area contributed by atoms with E-state index in [2.05, 4.69) is 10.1 Å². The zero-order valence-electron chi connectivity index (χ0n) is 13.6. The summed E-state index contributed by atoms with van der Waals surface area (Å²) in [6.45, 7) is 3.33. The number of carboxylic acid groups (broad SMARTS) is 1. The van der Waals surface area contributed by atoms with Gasteiger partial charge in [-0.15, -0.1) is 4.39 Å². The molecule has 0 atom stereocenters. The number of rotatable bonds is 5. The van der Waals surface area contributed by atoms with E-state index in [1.807, 2.05) is 0 Å². The van der Waals surface area contributed by atoms with Gasteiger partial charge in [0.1, 0.15) is 0 Å². The highest BCUT2D eigenvalue weighted by molar-refractivity contribution is 7.95. The van der Waals surface area contributed by atoms with Gasteiger partial charge in [-0.25, -0.2) is 23.0 Å². The summed E-state index contributed by atoms with van der Waals surface area (Å²) < 4.78 is 19.1. The molecular weight excluding hydrogens is 341 g/mol. The number of ether oxygens (including phenoxy) is 1. The van der Waals surface area contributed by atoms with Gasteiger partial charge in [0.05, 0.1) is 25.8 Å². The summed E-state index contributed by atoms with van der Waals surface area (Å²) in [5.74, 6) is 0. The fourth-order valence-electron chi connectivity index (χ4n) is 1.97. The average Bonchev–Trinajstić information content (AvgIpc) is 2.49. The third-order valence-corrected chi connectivity index (χ3v) is 3.89. The summed E-state index contributed by atoms with van der Waals surface area (Å²) in [5, 5.41) is 11.4. The molecule has 0 spiro atoms. The molecule has 0 heterocycles. The van der Waals surface area contributed by atoms with E-state index in [0.717, 1.165) is 0 Å². The molecule has 0 unspecified atom stereocenters. The van der Waals surface area contributed by atoms with Crippen LogP contribution in [0.5, 0.6) is 0 Å². The monoisotopic (exact) mass is 359 g/mol. The summed E-state index contributed by atoms with van der Waals surface area (Å²) in [4.78, 5) is 33.2. The van der Waals surface area contributed by atoms with E-state index in [9.17, 15) is 18.8 Å². The first-order chi connectivity index (χ1) is 11.1. The molecule has 0 saturated heterocycles. The second-order valence-electron chi connectivity index (χ2n) is 4.87. The van der Waals surface area contributed by atoms with Crippen LogP contribution in [0.25, 0.3) is 0 Å². The lowest BCUT2D eigenvalue weighted by molar-refractivity contribution is 0.178. The number of halogens is 1. The van der Waals surface area contributed by atoms with Gasteiger partial charge in [0, 0.05) is 12.7 Å². The van der Waals surface area contributed by atoms with Gasteiger partial charge in [-0.05, 0) is 30.5 Å². The second-order valence-corrected chi connectivity index (χ2v) is 6.02. The first-order valence-electron chi connectivity index (χ1n) is 6.72. The first-order valence-corrected chi connectivity index (χ1v) is 7.45. The van der Waals surface area contributed by atoms with Gasteiger partial charge in [0.15, 0.2) is 0 Å². The maximum absolute atomic E-state index is 13.1. The highest BCUT2D eigenvalue weighted by Crippen LogP contribution is 2.26. The molecule has 0 aliphatic rings. The minimum absolute atomic E-state index is 0.141. The fourth-order valence-corrected chi connectivity index (χ4v) is 2.60. The van der Waals surface area contributed by atoms with Crippen molar-refractivity contribution in [3.63, 3.8) is 0 Å². The number of carbonyl (C=O) groups is 3. The quantitative estimate of drug-likeness (QED) is 0.474. The third-order valence-electron chi connectivity index (χ3n) is 3.02. The van der Waals surface area contributed by atoms with E-state index >= 15 is 0 Å². The van der Waals surface area contributed by atoms with E-state index < -0.39 is 18.3 Å². The number of hydrogen-bond donors (Lipinski definition) is 2. The van der Waals surface area contributed by atoms with Crippen molar-refractivity contribution in [1.29, 1.82) is 0 Å². The number of nitrogens with zero attached hydrogens (tertiary/aromatic N) is 2. The van der Waals surface area contributed by atoms with Crippen LogP contribution in [0, 0.1) is 13.8 Å². The molecule has 0 radical (unpaired) electrons. The number of benzene rings is 1. The number of anilines is 1. The SMILES string of the molecule is COC(=O)Nc1c(C)cc(CN(SN(C)C(=O)O)C(=O)F)cc1C. The number of hydrogen-bond acceptors (Lipinski definition) is 5. The lowest BCUT2D eigenvalue weighted by Crippen LogP contribution is -2.28. The normalized spacial score (nSPS) is 10.0. The molecule has 10 heteroatoms. The van der Waals surface area contributed by atoms with Crippen LogP contribution in [0.2, 0.25) is 0 Å². The maximum Gasteiger partial charge on any atom is 0.418 e. The Balaban J connectivity index is 2.99. The summed E-state index contributed by atoms with van der Waals surface area (Å²) >= 11 is 0.439. The Kier molecular flexibility index (Phi) is 6.83. The number of nitrogens with one attached hydrogen (secondary N) is 1. The molecule has 2 N–H and O–H groups in total. The summed E-state index contributed by atoms with van der Waals surface area (Å²) in [7, 11) is 2.44. The lowest BCUT2D eigenvalue weighted by Gasteiger charge is -2.22. The highest BCUT2D eigenvalue weighted by atomic mass is 32.2. The Morgan fingerprint density at radius 1 is 1.29 bits per heavy atom. The Hall–Kier alpha value is -2.49. The Bertz CT molecular complexity index is 632. The highest BCUT2D eigenvalue weighted by Gasteiger charge is 2.20. The van der Waals surface area contributed by atoms with E-state index in [-0.39, 0.29) is 6.54 Å². The molecule has 0 aliphatic heterocycles. The van der Waals surface area contributed by atoms with Crippen molar-refractivity contribution in [2.24, 2.45) is 0 Å². The maximum atomic E-state index is 13.1. The molecule has 0 bridgehead atoms. The van der Waals surface area contributed by atoms with E-state index in [4.69, 9.17) is 5.11 Å². The molecule has 1 aromatic rings. The van der Waals surface area contributed by atoms with E-state index in [1.54, 1.807) is 26.0 Å². The number of aryl methyl sites for hydroxylation is 2. The Morgan fingerprint density at radius 2 is 1.83 bits per heavy atom. The van der Waals surface area contributed by atoms with Crippen molar-refractivity contribution in [3.8, 4) is 0 Å². The fraction of sp³-hybridized carbons (Fsp3) is 0.357. The molecule has 1 aromatic carbocycles. The largest absolute Gasteiger partial charge is 0.464 e. The minimum Gasteiger partial charge on any atom is -0.464 e. The van der Waals surface area contributed by atoms with Crippen molar-refractivity contribution >= 4 is 36.2 Å². The Morgan fingerprint density at radius 3 is 2.25 bits per heavy atom. The number of carbonyl (C=O) groups excluding carboxylic acids is 2. The van der Waals surface area contributed by atoms with Gasteiger partial charge in [-0.1, -0.05) is 12.1 Å². The summed E-state index contributed by atoms with van der Waals surface area (Å²) in [5.41, 5.74) is 2.52. The van der Waals surface area contributed by atoms with Gasteiger partial charge in [0.2, 0.25) is 0 Å².